The summed E-state index contributed by atoms with van der Waals surface area (Å²) in [5.74, 6) is 0.984. The number of likely N-dealkylation sites (tertiary alicyclic amines) is 1. The third-order valence-corrected chi connectivity index (χ3v) is 6.88. The summed E-state index contributed by atoms with van der Waals surface area (Å²) in [5.41, 5.74) is -0.616. The van der Waals surface area contributed by atoms with Crippen molar-refractivity contribution in [3.8, 4) is 5.75 Å². The topological polar surface area (TPSA) is 93.8 Å². The summed E-state index contributed by atoms with van der Waals surface area (Å²) in [4.78, 5) is 34.0. The van der Waals surface area contributed by atoms with Crippen molar-refractivity contribution in [3.05, 3.63) is 34.1 Å². The number of aromatic nitrogens is 2. The van der Waals surface area contributed by atoms with Crippen LogP contribution in [-0.2, 0) is 20.7 Å². The Morgan fingerprint density at radius 2 is 1.89 bits per heavy atom. The van der Waals surface area contributed by atoms with Crippen LogP contribution >= 0.6 is 0 Å². The number of fused-ring (bicyclic) bond motifs is 1. The van der Waals surface area contributed by atoms with Crippen LogP contribution in [0.15, 0.2) is 16.9 Å². The number of aryl methyl sites for hydroxylation is 1. The molecule has 2 aliphatic rings. The molecule has 36 heavy (non-hydrogen) atoms. The van der Waals surface area contributed by atoms with E-state index in [1.807, 2.05) is 20.8 Å². The molecule has 2 aromatic rings. The fourth-order valence-corrected chi connectivity index (χ4v) is 4.91. The molecular weight excluding hydrogens is 465 g/mol. The number of nitrogens with one attached hydrogen (secondary N) is 1. The van der Waals surface area contributed by atoms with Crippen LogP contribution in [0.1, 0.15) is 58.7 Å². The molecule has 0 unspecified atom stereocenters. The van der Waals surface area contributed by atoms with Gasteiger partial charge in [-0.1, -0.05) is 0 Å². The fourth-order valence-electron chi connectivity index (χ4n) is 4.91. The highest BCUT2D eigenvalue weighted by atomic mass is 19.1. The Morgan fingerprint density at radius 3 is 2.58 bits per heavy atom. The van der Waals surface area contributed by atoms with Crippen molar-refractivity contribution >= 4 is 16.9 Å². The van der Waals surface area contributed by atoms with E-state index in [2.05, 4.69) is 14.9 Å². The van der Waals surface area contributed by atoms with E-state index in [9.17, 15) is 14.0 Å². The van der Waals surface area contributed by atoms with Gasteiger partial charge in [-0.2, -0.15) is 0 Å². The number of hydrogen-bond acceptors (Lipinski definition) is 7. The first-order valence-electron chi connectivity index (χ1n) is 13.0. The Labute approximate surface area is 211 Å². The third kappa shape index (κ3) is 7.49. The molecule has 1 N–H and O–H groups in total. The van der Waals surface area contributed by atoms with Crippen molar-refractivity contribution in [1.29, 1.82) is 0 Å². The average molecular weight is 504 g/mol. The summed E-state index contributed by atoms with van der Waals surface area (Å²) in [6, 6.07) is 2.92. The van der Waals surface area contributed by atoms with Crippen molar-refractivity contribution in [2.75, 3.05) is 39.5 Å². The number of piperidine rings is 1. The van der Waals surface area contributed by atoms with Crippen LogP contribution in [0.5, 0.6) is 5.75 Å². The normalized spacial score (nSPS) is 18.4. The first-order chi connectivity index (χ1) is 17.2. The van der Waals surface area contributed by atoms with E-state index in [4.69, 9.17) is 14.2 Å². The first-order valence-corrected chi connectivity index (χ1v) is 13.0. The number of carbonyl (C=O) groups excluding carboxylic acids is 1. The van der Waals surface area contributed by atoms with Crippen molar-refractivity contribution in [1.82, 2.24) is 14.9 Å². The highest BCUT2D eigenvalue weighted by molar-refractivity contribution is 5.79. The minimum Gasteiger partial charge on any atom is -0.493 e. The zero-order valence-corrected chi connectivity index (χ0v) is 21.6. The van der Waals surface area contributed by atoms with Gasteiger partial charge in [0.05, 0.1) is 18.7 Å². The molecule has 3 heterocycles. The molecule has 0 radical (unpaired) electrons. The molecular formula is C27H38FN3O5. The van der Waals surface area contributed by atoms with E-state index in [1.54, 1.807) is 6.07 Å². The Kier molecular flexibility index (Phi) is 8.62. The molecule has 2 aliphatic heterocycles. The summed E-state index contributed by atoms with van der Waals surface area (Å²) in [6.07, 6.45) is 5.36. The second-order valence-corrected chi connectivity index (χ2v) is 11.0. The average Bonchev–Trinajstić information content (AvgIpc) is 2.81. The molecule has 1 aromatic heterocycles. The number of carbonyl (C=O) groups is 1. The van der Waals surface area contributed by atoms with Gasteiger partial charge in [-0.15, -0.1) is 0 Å². The Bertz CT molecular complexity index is 1100. The van der Waals surface area contributed by atoms with E-state index < -0.39 is 17.0 Å². The van der Waals surface area contributed by atoms with Crippen molar-refractivity contribution < 1.29 is 23.4 Å². The lowest BCUT2D eigenvalue weighted by molar-refractivity contribution is -0.156. The lowest BCUT2D eigenvalue weighted by Gasteiger charge is -2.31. The number of halogens is 1. The number of rotatable bonds is 8. The lowest BCUT2D eigenvalue weighted by Crippen LogP contribution is -2.40. The summed E-state index contributed by atoms with van der Waals surface area (Å²) in [6.45, 7) is 9.46. The lowest BCUT2D eigenvalue weighted by atomic mass is 9.95. The zero-order chi connectivity index (χ0) is 25.7. The number of esters is 1. The minimum absolute atomic E-state index is 0.0346. The maximum atomic E-state index is 14.8. The van der Waals surface area contributed by atoms with E-state index in [1.165, 1.54) is 6.07 Å². The largest absolute Gasteiger partial charge is 0.493 e. The quantitative estimate of drug-likeness (QED) is 0.547. The summed E-state index contributed by atoms with van der Waals surface area (Å²) in [7, 11) is 0. The molecule has 2 fully saturated rings. The number of benzene rings is 1. The van der Waals surface area contributed by atoms with Gasteiger partial charge in [0.1, 0.15) is 28.4 Å². The third-order valence-electron chi connectivity index (χ3n) is 6.88. The van der Waals surface area contributed by atoms with Crippen LogP contribution < -0.4 is 10.3 Å². The minimum atomic E-state index is -0.626. The van der Waals surface area contributed by atoms with Gasteiger partial charge in [-0.3, -0.25) is 14.5 Å². The van der Waals surface area contributed by atoms with Crippen molar-refractivity contribution in [3.63, 3.8) is 0 Å². The number of H-pyrrole nitrogens is 1. The Balaban J connectivity index is 1.32. The number of hydrogen-bond donors (Lipinski definition) is 1. The second-order valence-electron chi connectivity index (χ2n) is 11.0. The molecule has 4 rings (SSSR count). The zero-order valence-electron chi connectivity index (χ0n) is 21.6. The molecule has 0 saturated carbocycles. The summed E-state index contributed by atoms with van der Waals surface area (Å²) in [5, 5.41) is -0.0346. The summed E-state index contributed by atoms with van der Waals surface area (Å²) < 4.78 is 31.5. The molecule has 198 valence electrons. The Hall–Kier alpha value is -2.52. The van der Waals surface area contributed by atoms with Gasteiger partial charge in [-0.25, -0.2) is 9.37 Å². The van der Waals surface area contributed by atoms with Crippen LogP contribution in [0.3, 0.4) is 0 Å². The number of aromatic amines is 1. The molecule has 0 aliphatic carbocycles. The molecule has 0 spiro atoms. The first kappa shape index (κ1) is 26.5. The molecule has 0 bridgehead atoms. The van der Waals surface area contributed by atoms with Crippen LogP contribution in [0.2, 0.25) is 0 Å². The molecule has 8 nitrogen and oxygen atoms in total. The smallest absolute Gasteiger partial charge is 0.320 e. The van der Waals surface area contributed by atoms with Gasteiger partial charge in [0.2, 0.25) is 0 Å². The van der Waals surface area contributed by atoms with Gasteiger partial charge in [0.15, 0.2) is 0 Å². The van der Waals surface area contributed by atoms with Gasteiger partial charge < -0.3 is 19.2 Å². The van der Waals surface area contributed by atoms with Crippen LogP contribution in [0, 0.1) is 17.7 Å². The highest BCUT2D eigenvalue weighted by Crippen LogP contribution is 2.25. The SMILES string of the molecule is CC(C)(C)OC(=O)CN1CCC(COc2cc(F)c3c(=O)[nH]c(CCC4CCOCC4)nc3c2)CC1. The monoisotopic (exact) mass is 503 g/mol. The second kappa shape index (κ2) is 11.7. The van der Waals surface area contributed by atoms with Crippen molar-refractivity contribution in [2.24, 2.45) is 11.8 Å². The molecule has 0 atom stereocenters. The number of ether oxygens (including phenoxy) is 3. The fraction of sp³-hybridized carbons (Fsp3) is 0.667. The van der Waals surface area contributed by atoms with Crippen LogP contribution in [0.25, 0.3) is 10.9 Å². The van der Waals surface area contributed by atoms with Gasteiger partial charge in [0.25, 0.3) is 5.56 Å². The van der Waals surface area contributed by atoms with E-state index in [0.29, 0.717) is 42.0 Å². The predicted molar refractivity (Wildman–Crippen MR) is 135 cm³/mol. The summed E-state index contributed by atoms with van der Waals surface area (Å²) >= 11 is 0. The van der Waals surface area contributed by atoms with E-state index in [-0.39, 0.29) is 17.9 Å². The van der Waals surface area contributed by atoms with E-state index in [0.717, 1.165) is 58.4 Å². The number of nitrogens with zero attached hydrogens (tertiary/aromatic N) is 2. The highest BCUT2D eigenvalue weighted by Gasteiger charge is 2.24. The molecule has 9 heteroatoms. The Morgan fingerprint density at radius 1 is 1.17 bits per heavy atom. The maximum absolute atomic E-state index is 14.8. The van der Waals surface area contributed by atoms with E-state index >= 15 is 0 Å². The standard InChI is InChI=1S/C27H38FN3O5/c1-27(2,3)36-24(32)16-31-10-6-19(7-11-31)17-35-20-14-21(28)25-22(15-20)29-23(30-26(25)33)5-4-18-8-12-34-13-9-18/h14-15,18-19H,4-13,16-17H2,1-3H3,(H,29,30,33). The molecule has 2 saturated heterocycles. The van der Waals surface area contributed by atoms with Crippen LogP contribution in [-0.4, -0.2) is 65.9 Å². The van der Waals surface area contributed by atoms with Gasteiger partial charge >= 0.3 is 5.97 Å². The van der Waals surface area contributed by atoms with Crippen molar-refractivity contribution in [2.45, 2.75) is 64.9 Å². The molecule has 1 aromatic carbocycles. The molecule has 0 amide bonds. The van der Waals surface area contributed by atoms with Crippen LogP contribution in [0.4, 0.5) is 4.39 Å². The van der Waals surface area contributed by atoms with Gasteiger partial charge in [-0.05, 0) is 77.8 Å². The van der Waals surface area contributed by atoms with Gasteiger partial charge in [0, 0.05) is 31.8 Å². The maximum Gasteiger partial charge on any atom is 0.320 e. The predicted octanol–water partition coefficient (Wildman–Crippen LogP) is 3.85.